The van der Waals surface area contributed by atoms with Crippen molar-refractivity contribution < 1.29 is 17.7 Å². The normalized spacial score (nSPS) is 23.5. The molecule has 2 N–H and O–H groups in total. The van der Waals surface area contributed by atoms with Gasteiger partial charge in [-0.25, -0.2) is 8.42 Å². The molecular formula is C16H26N4O4S. The van der Waals surface area contributed by atoms with Crippen LogP contribution >= 0.6 is 0 Å². The minimum atomic E-state index is -3.62. The largest absolute Gasteiger partial charge is 0.360 e. The summed E-state index contributed by atoms with van der Waals surface area (Å²) in [6, 6.07) is 0.185. The molecule has 1 amide bonds. The van der Waals surface area contributed by atoms with E-state index in [1.54, 1.807) is 13.8 Å². The summed E-state index contributed by atoms with van der Waals surface area (Å²) >= 11 is 0. The maximum absolute atomic E-state index is 12.8. The molecule has 0 spiro atoms. The van der Waals surface area contributed by atoms with E-state index < -0.39 is 10.0 Å². The molecule has 1 aromatic rings. The predicted octanol–water partition coefficient (Wildman–Crippen LogP) is 0.560. The summed E-state index contributed by atoms with van der Waals surface area (Å²) in [4.78, 5) is 12.6. The van der Waals surface area contributed by atoms with Crippen LogP contribution in [0.3, 0.4) is 0 Å². The Morgan fingerprint density at radius 2 is 2.00 bits per heavy atom. The van der Waals surface area contributed by atoms with Crippen LogP contribution < -0.4 is 10.6 Å². The highest BCUT2D eigenvalue weighted by atomic mass is 32.2. The fraction of sp³-hybridized carbons (Fsp3) is 0.750. The first-order valence-electron chi connectivity index (χ1n) is 8.83. The average molecular weight is 370 g/mol. The average Bonchev–Trinajstić information content (AvgIpc) is 2.95. The van der Waals surface area contributed by atoms with Crippen molar-refractivity contribution in [1.29, 1.82) is 0 Å². The van der Waals surface area contributed by atoms with Gasteiger partial charge in [-0.3, -0.25) is 4.79 Å². The molecule has 0 aliphatic carbocycles. The first-order chi connectivity index (χ1) is 11.9. The van der Waals surface area contributed by atoms with E-state index in [0.717, 1.165) is 25.9 Å². The zero-order valence-electron chi connectivity index (χ0n) is 14.7. The maximum Gasteiger partial charge on any atom is 0.248 e. The molecule has 2 aliphatic heterocycles. The molecule has 0 unspecified atom stereocenters. The van der Waals surface area contributed by atoms with Gasteiger partial charge in [-0.05, 0) is 46.1 Å². The molecule has 1 atom stereocenters. The van der Waals surface area contributed by atoms with Gasteiger partial charge in [0.2, 0.25) is 15.9 Å². The van der Waals surface area contributed by atoms with Crippen LogP contribution in [0.15, 0.2) is 9.42 Å². The van der Waals surface area contributed by atoms with Crippen molar-refractivity contribution in [2.75, 3.05) is 26.2 Å². The number of piperidine rings is 2. The minimum Gasteiger partial charge on any atom is -0.360 e. The summed E-state index contributed by atoms with van der Waals surface area (Å²) in [7, 11) is -3.62. The Bertz CT molecular complexity index is 697. The van der Waals surface area contributed by atoms with Crippen molar-refractivity contribution in [2.45, 2.75) is 50.5 Å². The van der Waals surface area contributed by atoms with E-state index in [4.69, 9.17) is 4.52 Å². The van der Waals surface area contributed by atoms with E-state index >= 15 is 0 Å². The van der Waals surface area contributed by atoms with E-state index in [9.17, 15) is 13.2 Å². The number of aryl methyl sites for hydroxylation is 2. The number of carbonyl (C=O) groups is 1. The number of aromatic nitrogens is 1. The summed E-state index contributed by atoms with van der Waals surface area (Å²) in [5, 5.41) is 10.1. The number of nitrogens with one attached hydrogen (secondary N) is 2. The van der Waals surface area contributed by atoms with E-state index in [2.05, 4.69) is 15.8 Å². The molecule has 1 aromatic heterocycles. The number of carbonyl (C=O) groups excluding carboxylic acids is 1. The Hall–Kier alpha value is -1.45. The van der Waals surface area contributed by atoms with Crippen molar-refractivity contribution in [1.82, 2.24) is 20.1 Å². The Labute approximate surface area is 148 Å². The van der Waals surface area contributed by atoms with Crippen LogP contribution in [0.25, 0.3) is 0 Å². The number of sulfonamides is 1. The fourth-order valence-electron chi connectivity index (χ4n) is 3.62. The van der Waals surface area contributed by atoms with Gasteiger partial charge in [-0.1, -0.05) is 5.16 Å². The topological polar surface area (TPSA) is 105 Å². The van der Waals surface area contributed by atoms with Crippen molar-refractivity contribution in [3.63, 3.8) is 0 Å². The fourth-order valence-corrected chi connectivity index (χ4v) is 5.39. The third-order valence-corrected chi connectivity index (χ3v) is 7.18. The highest BCUT2D eigenvalue weighted by molar-refractivity contribution is 7.89. The van der Waals surface area contributed by atoms with Gasteiger partial charge in [0.15, 0.2) is 5.76 Å². The van der Waals surface area contributed by atoms with Crippen molar-refractivity contribution >= 4 is 15.9 Å². The van der Waals surface area contributed by atoms with Gasteiger partial charge in [-0.2, -0.15) is 4.31 Å². The number of rotatable bonds is 4. The van der Waals surface area contributed by atoms with Crippen LogP contribution in [0.2, 0.25) is 0 Å². The Balaban J connectivity index is 1.59. The second-order valence-electron chi connectivity index (χ2n) is 6.88. The van der Waals surface area contributed by atoms with Crippen molar-refractivity contribution in [3.8, 4) is 0 Å². The molecular weight excluding hydrogens is 344 g/mol. The van der Waals surface area contributed by atoms with Crippen LogP contribution in [0.4, 0.5) is 0 Å². The van der Waals surface area contributed by atoms with Crippen LogP contribution in [-0.4, -0.2) is 56.0 Å². The Morgan fingerprint density at radius 3 is 2.56 bits per heavy atom. The Kier molecular flexibility index (Phi) is 5.45. The van der Waals surface area contributed by atoms with Gasteiger partial charge in [0.25, 0.3) is 0 Å². The predicted molar refractivity (Wildman–Crippen MR) is 91.5 cm³/mol. The van der Waals surface area contributed by atoms with Crippen molar-refractivity contribution in [2.24, 2.45) is 5.92 Å². The van der Waals surface area contributed by atoms with Gasteiger partial charge in [0.1, 0.15) is 10.6 Å². The van der Waals surface area contributed by atoms with Gasteiger partial charge < -0.3 is 15.2 Å². The van der Waals surface area contributed by atoms with E-state index in [1.165, 1.54) is 4.31 Å². The summed E-state index contributed by atoms with van der Waals surface area (Å²) in [5.41, 5.74) is 0.377. The summed E-state index contributed by atoms with van der Waals surface area (Å²) in [5.74, 6) is 0.225. The van der Waals surface area contributed by atoms with Gasteiger partial charge in [-0.15, -0.1) is 0 Å². The highest BCUT2D eigenvalue weighted by Gasteiger charge is 2.35. The van der Waals surface area contributed by atoms with Crippen LogP contribution in [0, 0.1) is 19.8 Å². The zero-order chi connectivity index (χ0) is 18.0. The number of hydrogen-bond acceptors (Lipinski definition) is 6. The van der Waals surface area contributed by atoms with Crippen LogP contribution in [-0.2, 0) is 14.8 Å². The van der Waals surface area contributed by atoms with Gasteiger partial charge in [0, 0.05) is 31.6 Å². The summed E-state index contributed by atoms with van der Waals surface area (Å²) in [6.07, 6.45) is 3.14. The minimum absolute atomic E-state index is 0.0445. The van der Waals surface area contributed by atoms with Crippen LogP contribution in [0.1, 0.15) is 37.1 Å². The monoisotopic (exact) mass is 370 g/mol. The molecule has 2 fully saturated rings. The number of amides is 1. The lowest BCUT2D eigenvalue weighted by molar-refractivity contribution is -0.126. The first-order valence-corrected chi connectivity index (χ1v) is 10.3. The molecule has 2 aliphatic rings. The molecule has 9 heteroatoms. The molecule has 3 rings (SSSR count). The SMILES string of the molecule is Cc1noc(C)c1S(=O)(=O)N1CCC(C(=O)N[C@H]2CCCNC2)CC1. The molecule has 3 heterocycles. The lowest BCUT2D eigenvalue weighted by Gasteiger charge is -2.32. The standard InChI is InChI=1S/C16H26N4O4S/c1-11-15(12(2)24-19-11)25(22,23)20-8-5-13(6-9-20)16(21)18-14-4-3-7-17-10-14/h13-14,17H,3-10H2,1-2H3,(H,18,21)/t14-/m0/s1. The quantitative estimate of drug-likeness (QED) is 0.802. The lowest BCUT2D eigenvalue weighted by atomic mass is 9.96. The van der Waals surface area contributed by atoms with E-state index in [-0.39, 0.29) is 22.8 Å². The molecule has 0 bridgehead atoms. The lowest BCUT2D eigenvalue weighted by Crippen LogP contribution is -2.49. The molecule has 25 heavy (non-hydrogen) atoms. The molecule has 8 nitrogen and oxygen atoms in total. The number of nitrogens with zero attached hydrogens (tertiary/aromatic N) is 2. The smallest absolute Gasteiger partial charge is 0.248 e. The molecule has 0 saturated carbocycles. The zero-order valence-corrected chi connectivity index (χ0v) is 15.6. The Morgan fingerprint density at radius 1 is 1.28 bits per heavy atom. The van der Waals surface area contributed by atoms with Crippen LogP contribution in [0.5, 0.6) is 0 Å². The van der Waals surface area contributed by atoms with Gasteiger partial charge in [0.05, 0.1) is 0 Å². The third-order valence-electron chi connectivity index (χ3n) is 5.03. The van der Waals surface area contributed by atoms with E-state index in [1.807, 2.05) is 0 Å². The second kappa shape index (κ2) is 7.43. The third kappa shape index (κ3) is 3.88. The second-order valence-corrected chi connectivity index (χ2v) is 8.76. The number of hydrogen-bond donors (Lipinski definition) is 2. The van der Waals surface area contributed by atoms with Crippen molar-refractivity contribution in [3.05, 3.63) is 11.5 Å². The van der Waals surface area contributed by atoms with E-state index in [0.29, 0.717) is 37.4 Å². The highest BCUT2D eigenvalue weighted by Crippen LogP contribution is 2.27. The maximum atomic E-state index is 12.8. The molecule has 0 aromatic carbocycles. The molecule has 140 valence electrons. The molecule has 0 radical (unpaired) electrons. The van der Waals surface area contributed by atoms with Gasteiger partial charge >= 0.3 is 0 Å². The first kappa shape index (κ1) is 18.3. The summed E-state index contributed by atoms with van der Waals surface area (Å²) < 4.78 is 32.0. The summed E-state index contributed by atoms with van der Waals surface area (Å²) in [6.45, 7) is 5.73. The molecule has 2 saturated heterocycles.